The van der Waals surface area contributed by atoms with E-state index in [0.29, 0.717) is 23.5 Å². The van der Waals surface area contributed by atoms with Crippen molar-refractivity contribution < 1.29 is 13.9 Å². The molecule has 1 fully saturated rings. The Hall–Kier alpha value is -3.25. The van der Waals surface area contributed by atoms with E-state index in [4.69, 9.17) is 4.74 Å². The van der Waals surface area contributed by atoms with Crippen LogP contribution in [0.1, 0.15) is 34.3 Å². The minimum absolute atomic E-state index is 0.0678. The maximum absolute atomic E-state index is 14.4. The molecule has 0 spiro atoms. The van der Waals surface area contributed by atoms with Crippen molar-refractivity contribution in [1.82, 2.24) is 14.8 Å². The summed E-state index contributed by atoms with van der Waals surface area (Å²) in [6.07, 6.45) is 5.21. The number of amides is 1. The van der Waals surface area contributed by atoms with Gasteiger partial charge in [0.1, 0.15) is 18.2 Å². The molecule has 1 aromatic heterocycles. The van der Waals surface area contributed by atoms with Crippen LogP contribution < -0.4 is 4.74 Å². The predicted molar refractivity (Wildman–Crippen MR) is 122 cm³/mol. The summed E-state index contributed by atoms with van der Waals surface area (Å²) in [5, 5.41) is 0. The highest BCUT2D eigenvalue weighted by molar-refractivity contribution is 5.94. The molecule has 0 saturated carbocycles. The van der Waals surface area contributed by atoms with Crippen molar-refractivity contribution in [1.29, 1.82) is 0 Å². The van der Waals surface area contributed by atoms with Crippen LogP contribution >= 0.6 is 0 Å². The number of nitrogens with zero attached hydrogens (tertiary/aromatic N) is 3. The molecule has 5 nitrogen and oxygen atoms in total. The molecule has 0 N–H and O–H groups in total. The van der Waals surface area contributed by atoms with Crippen molar-refractivity contribution in [2.45, 2.75) is 32.0 Å². The van der Waals surface area contributed by atoms with Crippen LogP contribution in [0.15, 0.2) is 73.1 Å². The van der Waals surface area contributed by atoms with E-state index in [1.165, 1.54) is 6.07 Å². The molecule has 0 radical (unpaired) electrons. The van der Waals surface area contributed by atoms with Crippen molar-refractivity contribution in [2.75, 3.05) is 20.1 Å². The van der Waals surface area contributed by atoms with Crippen LogP contribution in [0, 0.1) is 5.82 Å². The number of halogens is 1. The number of hydrogen-bond acceptors (Lipinski definition) is 4. The second kappa shape index (κ2) is 10.4. The first-order valence-corrected chi connectivity index (χ1v) is 10.9. The first kappa shape index (κ1) is 22.0. The minimum atomic E-state index is -0.285. The van der Waals surface area contributed by atoms with Gasteiger partial charge in [0.2, 0.25) is 0 Å². The molecule has 1 aliphatic heterocycles. The van der Waals surface area contributed by atoms with Crippen molar-refractivity contribution in [3.8, 4) is 5.75 Å². The second-order valence-corrected chi connectivity index (χ2v) is 8.24. The first-order chi connectivity index (χ1) is 15.6. The van der Waals surface area contributed by atoms with Gasteiger partial charge in [0, 0.05) is 41.7 Å². The molecule has 0 bridgehead atoms. The van der Waals surface area contributed by atoms with Crippen LogP contribution in [0.5, 0.6) is 5.75 Å². The fourth-order valence-electron chi connectivity index (χ4n) is 4.02. The maximum Gasteiger partial charge on any atom is 0.254 e. The minimum Gasteiger partial charge on any atom is -0.489 e. The first-order valence-electron chi connectivity index (χ1n) is 10.9. The molecule has 1 amide bonds. The monoisotopic (exact) mass is 433 g/mol. The lowest BCUT2D eigenvalue weighted by Gasteiger charge is -2.37. The SMILES string of the molecule is CN1CCC(N(Cc2ccccc2F)C(=O)c2cccc(OCc3cccnc3)c2)CC1. The fraction of sp³-hybridized carbons (Fsp3) is 0.308. The number of carbonyl (C=O) groups is 1. The Kier molecular flexibility index (Phi) is 7.12. The number of likely N-dealkylation sites (tertiary alicyclic amines) is 1. The quantitative estimate of drug-likeness (QED) is 0.549. The molecular formula is C26H28FN3O2. The Bertz CT molecular complexity index is 1040. The number of benzene rings is 2. The molecule has 32 heavy (non-hydrogen) atoms. The molecule has 2 heterocycles. The van der Waals surface area contributed by atoms with Crippen LogP contribution in [0.3, 0.4) is 0 Å². The Morgan fingerprint density at radius 1 is 1.12 bits per heavy atom. The van der Waals surface area contributed by atoms with Crippen molar-refractivity contribution >= 4 is 5.91 Å². The zero-order valence-electron chi connectivity index (χ0n) is 18.3. The fourth-order valence-corrected chi connectivity index (χ4v) is 4.02. The number of carbonyl (C=O) groups excluding carboxylic acids is 1. The van der Waals surface area contributed by atoms with E-state index >= 15 is 0 Å². The zero-order chi connectivity index (χ0) is 22.3. The number of piperidine rings is 1. The van der Waals surface area contributed by atoms with Crippen molar-refractivity contribution in [3.05, 3.63) is 95.6 Å². The van der Waals surface area contributed by atoms with Gasteiger partial charge in [-0.2, -0.15) is 0 Å². The third-order valence-electron chi connectivity index (χ3n) is 5.90. The Balaban J connectivity index is 1.54. The van der Waals surface area contributed by atoms with Crippen LogP contribution in [0.25, 0.3) is 0 Å². The van der Waals surface area contributed by atoms with E-state index < -0.39 is 0 Å². The zero-order valence-corrected chi connectivity index (χ0v) is 18.3. The molecule has 0 atom stereocenters. The molecule has 3 aromatic rings. The molecule has 2 aromatic carbocycles. The molecule has 0 aliphatic carbocycles. The summed E-state index contributed by atoms with van der Waals surface area (Å²) in [5.74, 6) is 0.232. The molecule has 6 heteroatoms. The standard InChI is InChI=1S/C26H28FN3O2/c1-29-14-11-23(12-15-29)30(18-22-7-2-3-10-25(22)27)26(31)21-8-4-9-24(16-21)32-19-20-6-5-13-28-17-20/h2-10,13,16-17,23H,11-12,14-15,18-19H2,1H3. The Morgan fingerprint density at radius 3 is 2.69 bits per heavy atom. The number of pyridine rings is 1. The highest BCUT2D eigenvalue weighted by Gasteiger charge is 2.28. The van der Waals surface area contributed by atoms with Gasteiger partial charge in [-0.1, -0.05) is 30.3 Å². The third kappa shape index (κ3) is 5.51. The van der Waals surface area contributed by atoms with Gasteiger partial charge in [-0.15, -0.1) is 0 Å². The van der Waals surface area contributed by atoms with Crippen LogP contribution in [-0.4, -0.2) is 46.9 Å². The van der Waals surface area contributed by atoms with Crippen molar-refractivity contribution in [3.63, 3.8) is 0 Å². The molecule has 1 aliphatic rings. The van der Waals surface area contributed by atoms with E-state index in [-0.39, 0.29) is 24.3 Å². The molecule has 166 valence electrons. The van der Waals surface area contributed by atoms with Gasteiger partial charge in [0.05, 0.1) is 0 Å². The summed E-state index contributed by atoms with van der Waals surface area (Å²) < 4.78 is 20.3. The van der Waals surface area contributed by atoms with Gasteiger partial charge in [0.25, 0.3) is 5.91 Å². The number of aromatic nitrogens is 1. The molecule has 1 saturated heterocycles. The van der Waals surface area contributed by atoms with Gasteiger partial charge in [-0.05, 0) is 63.3 Å². The van der Waals surface area contributed by atoms with Crippen LogP contribution in [-0.2, 0) is 13.2 Å². The van der Waals surface area contributed by atoms with E-state index in [2.05, 4.69) is 16.9 Å². The average molecular weight is 434 g/mol. The number of ether oxygens (including phenoxy) is 1. The second-order valence-electron chi connectivity index (χ2n) is 8.24. The predicted octanol–water partition coefficient (Wildman–Crippen LogP) is 4.54. The maximum atomic E-state index is 14.4. The van der Waals surface area contributed by atoms with Gasteiger partial charge < -0.3 is 14.5 Å². The third-order valence-corrected chi connectivity index (χ3v) is 5.90. The molecule has 4 rings (SSSR count). The summed E-state index contributed by atoms with van der Waals surface area (Å²) in [6.45, 7) is 2.46. The van der Waals surface area contributed by atoms with Gasteiger partial charge in [-0.3, -0.25) is 9.78 Å². The van der Waals surface area contributed by atoms with Crippen LogP contribution in [0.4, 0.5) is 4.39 Å². The van der Waals surface area contributed by atoms with E-state index in [9.17, 15) is 9.18 Å². The summed E-state index contributed by atoms with van der Waals surface area (Å²) in [4.78, 5) is 21.8. The lowest BCUT2D eigenvalue weighted by atomic mass is 10.0. The summed E-state index contributed by atoms with van der Waals surface area (Å²) in [6, 6.07) is 17.8. The Labute approximate surface area is 188 Å². The lowest BCUT2D eigenvalue weighted by molar-refractivity contribution is 0.0566. The molecular weight excluding hydrogens is 405 g/mol. The summed E-state index contributed by atoms with van der Waals surface area (Å²) in [7, 11) is 2.09. The largest absolute Gasteiger partial charge is 0.489 e. The van der Waals surface area contributed by atoms with E-state index in [1.807, 2.05) is 35.2 Å². The lowest BCUT2D eigenvalue weighted by Crippen LogP contribution is -2.46. The van der Waals surface area contributed by atoms with Crippen molar-refractivity contribution in [2.24, 2.45) is 0 Å². The summed E-state index contributed by atoms with van der Waals surface area (Å²) >= 11 is 0. The Morgan fingerprint density at radius 2 is 1.94 bits per heavy atom. The smallest absolute Gasteiger partial charge is 0.254 e. The average Bonchev–Trinajstić information content (AvgIpc) is 2.83. The van der Waals surface area contributed by atoms with E-state index in [0.717, 1.165) is 31.5 Å². The number of hydrogen-bond donors (Lipinski definition) is 0. The topological polar surface area (TPSA) is 45.7 Å². The van der Waals surface area contributed by atoms with E-state index in [1.54, 1.807) is 36.7 Å². The van der Waals surface area contributed by atoms with Crippen LogP contribution in [0.2, 0.25) is 0 Å². The van der Waals surface area contributed by atoms with Gasteiger partial charge in [0.15, 0.2) is 0 Å². The normalized spacial score (nSPS) is 14.8. The summed E-state index contributed by atoms with van der Waals surface area (Å²) in [5.41, 5.74) is 2.03. The number of rotatable bonds is 7. The highest BCUT2D eigenvalue weighted by atomic mass is 19.1. The van der Waals surface area contributed by atoms with Gasteiger partial charge in [-0.25, -0.2) is 4.39 Å². The highest BCUT2D eigenvalue weighted by Crippen LogP contribution is 2.24. The molecule has 0 unspecified atom stereocenters. The van der Waals surface area contributed by atoms with Gasteiger partial charge >= 0.3 is 0 Å².